The van der Waals surface area contributed by atoms with Crippen molar-refractivity contribution < 1.29 is 9.84 Å². The fourth-order valence-corrected chi connectivity index (χ4v) is 1.80. The molecule has 0 bridgehead atoms. The summed E-state index contributed by atoms with van der Waals surface area (Å²) in [5, 5.41) is 12.9. The summed E-state index contributed by atoms with van der Waals surface area (Å²) >= 11 is 0. The summed E-state index contributed by atoms with van der Waals surface area (Å²) in [6.45, 7) is 1.60. The Hall–Kier alpha value is -2.01. The topological polar surface area (TPSA) is 73.3 Å². The van der Waals surface area contributed by atoms with E-state index < -0.39 is 0 Å². The maximum Gasteiger partial charge on any atom is 0.145 e. The molecular formula is C14H19N3O2. The molecule has 5 nitrogen and oxygen atoms in total. The molecule has 19 heavy (non-hydrogen) atoms. The quantitative estimate of drug-likeness (QED) is 0.740. The maximum absolute atomic E-state index is 8.82. The zero-order valence-corrected chi connectivity index (χ0v) is 10.8. The lowest BCUT2D eigenvalue weighted by atomic mass is 10.1. The van der Waals surface area contributed by atoms with Crippen LogP contribution < -0.4 is 10.5 Å². The van der Waals surface area contributed by atoms with E-state index in [1.165, 1.54) is 0 Å². The summed E-state index contributed by atoms with van der Waals surface area (Å²) in [4.78, 5) is 0. The number of nitrogens with two attached hydrogens (primary N) is 1. The van der Waals surface area contributed by atoms with Crippen molar-refractivity contribution in [3.05, 3.63) is 42.1 Å². The number of hydrogen-bond donors (Lipinski definition) is 2. The van der Waals surface area contributed by atoms with Gasteiger partial charge in [-0.25, -0.2) is 0 Å². The van der Waals surface area contributed by atoms with Gasteiger partial charge in [-0.15, -0.1) is 0 Å². The Kier molecular flexibility index (Phi) is 4.80. The zero-order valence-electron chi connectivity index (χ0n) is 10.8. The number of nitrogens with zero attached hydrogens (tertiary/aromatic N) is 2. The summed E-state index contributed by atoms with van der Waals surface area (Å²) in [5.74, 6) is 1.39. The van der Waals surface area contributed by atoms with Crippen LogP contribution in [0.2, 0.25) is 0 Å². The molecule has 0 saturated carbocycles. The highest BCUT2D eigenvalue weighted by Crippen LogP contribution is 2.12. The molecule has 0 aliphatic heterocycles. The van der Waals surface area contributed by atoms with E-state index in [4.69, 9.17) is 15.6 Å². The number of aliphatic hydroxyl groups is 1. The second-order valence-electron chi connectivity index (χ2n) is 4.32. The highest BCUT2D eigenvalue weighted by atomic mass is 16.5. The molecule has 0 aliphatic carbocycles. The molecule has 0 atom stereocenters. The van der Waals surface area contributed by atoms with E-state index in [9.17, 15) is 0 Å². The molecule has 5 heteroatoms. The van der Waals surface area contributed by atoms with Gasteiger partial charge in [-0.2, -0.15) is 5.10 Å². The van der Waals surface area contributed by atoms with Gasteiger partial charge in [-0.1, -0.05) is 12.1 Å². The van der Waals surface area contributed by atoms with Crippen molar-refractivity contribution in [1.82, 2.24) is 9.78 Å². The van der Waals surface area contributed by atoms with Crippen LogP contribution in [0.25, 0.3) is 0 Å². The SMILES string of the molecule is Nc1ccn(CCCOc2ccc(CCO)cc2)n1. The first-order valence-electron chi connectivity index (χ1n) is 6.39. The van der Waals surface area contributed by atoms with Gasteiger partial charge in [0.25, 0.3) is 0 Å². The Labute approximate surface area is 112 Å². The molecule has 1 aromatic carbocycles. The van der Waals surface area contributed by atoms with Crippen molar-refractivity contribution >= 4 is 5.82 Å². The second kappa shape index (κ2) is 6.80. The van der Waals surface area contributed by atoms with Crippen LogP contribution in [0, 0.1) is 0 Å². The average molecular weight is 261 g/mol. The van der Waals surface area contributed by atoms with Gasteiger partial charge in [0.05, 0.1) is 6.61 Å². The number of aryl methyl sites for hydroxylation is 1. The Morgan fingerprint density at radius 2 is 2.00 bits per heavy atom. The van der Waals surface area contributed by atoms with Gasteiger partial charge in [0.2, 0.25) is 0 Å². The summed E-state index contributed by atoms with van der Waals surface area (Å²) in [6, 6.07) is 9.58. The summed E-state index contributed by atoms with van der Waals surface area (Å²) in [7, 11) is 0. The molecule has 0 spiro atoms. The van der Waals surface area contributed by atoms with E-state index >= 15 is 0 Å². The van der Waals surface area contributed by atoms with E-state index in [0.29, 0.717) is 18.8 Å². The second-order valence-corrected chi connectivity index (χ2v) is 4.32. The third-order valence-electron chi connectivity index (χ3n) is 2.79. The average Bonchev–Trinajstić information content (AvgIpc) is 2.83. The van der Waals surface area contributed by atoms with Crippen LogP contribution in [0.4, 0.5) is 5.82 Å². The number of anilines is 1. The minimum absolute atomic E-state index is 0.174. The monoisotopic (exact) mass is 261 g/mol. The van der Waals surface area contributed by atoms with Crippen LogP contribution in [0.5, 0.6) is 5.75 Å². The molecule has 0 radical (unpaired) electrons. The predicted molar refractivity (Wildman–Crippen MR) is 74.0 cm³/mol. The zero-order chi connectivity index (χ0) is 13.5. The first kappa shape index (κ1) is 13.4. The highest BCUT2D eigenvalue weighted by Gasteiger charge is 1.97. The third-order valence-corrected chi connectivity index (χ3v) is 2.79. The number of aliphatic hydroxyl groups excluding tert-OH is 1. The van der Waals surface area contributed by atoms with Crippen LogP contribution in [0.1, 0.15) is 12.0 Å². The van der Waals surface area contributed by atoms with Crippen molar-refractivity contribution in [3.8, 4) is 5.75 Å². The van der Waals surface area contributed by atoms with Crippen LogP contribution >= 0.6 is 0 Å². The number of benzene rings is 1. The normalized spacial score (nSPS) is 10.6. The van der Waals surface area contributed by atoms with Gasteiger partial charge in [0.1, 0.15) is 11.6 Å². The van der Waals surface area contributed by atoms with E-state index in [2.05, 4.69) is 5.10 Å². The molecule has 102 valence electrons. The molecule has 2 rings (SSSR count). The molecule has 0 fully saturated rings. The Bertz CT molecular complexity index is 494. The smallest absolute Gasteiger partial charge is 0.145 e. The molecule has 0 unspecified atom stereocenters. The fraction of sp³-hybridized carbons (Fsp3) is 0.357. The molecule has 0 amide bonds. The van der Waals surface area contributed by atoms with Gasteiger partial charge in [-0.05, 0) is 30.2 Å². The van der Waals surface area contributed by atoms with Crippen molar-refractivity contribution in [1.29, 1.82) is 0 Å². The van der Waals surface area contributed by atoms with Crippen molar-refractivity contribution in [2.45, 2.75) is 19.4 Å². The van der Waals surface area contributed by atoms with Crippen molar-refractivity contribution in [3.63, 3.8) is 0 Å². The van der Waals surface area contributed by atoms with Gasteiger partial charge in [-0.3, -0.25) is 4.68 Å². The van der Waals surface area contributed by atoms with Crippen molar-refractivity contribution in [2.24, 2.45) is 0 Å². The largest absolute Gasteiger partial charge is 0.494 e. The van der Waals surface area contributed by atoms with Gasteiger partial charge in [0, 0.05) is 25.8 Å². The highest BCUT2D eigenvalue weighted by molar-refractivity contribution is 5.27. The Morgan fingerprint density at radius 3 is 2.63 bits per heavy atom. The van der Waals surface area contributed by atoms with Crippen LogP contribution in [0.3, 0.4) is 0 Å². The fourth-order valence-electron chi connectivity index (χ4n) is 1.80. The van der Waals surface area contributed by atoms with Crippen LogP contribution in [0.15, 0.2) is 36.5 Å². The Balaban J connectivity index is 1.70. The molecule has 1 heterocycles. The molecule has 0 aliphatic rings. The number of hydrogen-bond acceptors (Lipinski definition) is 4. The first-order chi connectivity index (χ1) is 9.28. The number of ether oxygens (including phenoxy) is 1. The van der Waals surface area contributed by atoms with Crippen LogP contribution in [-0.4, -0.2) is 28.1 Å². The minimum atomic E-state index is 0.174. The number of aromatic nitrogens is 2. The predicted octanol–water partition coefficient (Wildman–Crippen LogP) is 1.47. The molecule has 0 saturated heterocycles. The van der Waals surface area contributed by atoms with Gasteiger partial charge in [0.15, 0.2) is 0 Å². The molecular weight excluding hydrogens is 242 g/mol. The summed E-state index contributed by atoms with van der Waals surface area (Å²) < 4.78 is 7.44. The molecule has 3 N–H and O–H groups in total. The van der Waals surface area contributed by atoms with E-state index in [1.54, 1.807) is 6.07 Å². The van der Waals surface area contributed by atoms with Crippen LogP contribution in [-0.2, 0) is 13.0 Å². The molecule has 2 aromatic rings. The lowest BCUT2D eigenvalue weighted by Crippen LogP contribution is -2.05. The van der Waals surface area contributed by atoms with E-state index in [1.807, 2.05) is 35.1 Å². The van der Waals surface area contributed by atoms with Gasteiger partial charge >= 0.3 is 0 Å². The standard InChI is InChI=1S/C14H19N3O2/c15-14-6-9-17(16-14)8-1-11-19-13-4-2-12(3-5-13)7-10-18/h2-6,9,18H,1,7-8,10-11H2,(H2,15,16). The lowest BCUT2D eigenvalue weighted by Gasteiger charge is -2.07. The minimum Gasteiger partial charge on any atom is -0.494 e. The van der Waals surface area contributed by atoms with Crippen molar-refractivity contribution in [2.75, 3.05) is 18.9 Å². The van der Waals surface area contributed by atoms with Gasteiger partial charge < -0.3 is 15.6 Å². The Morgan fingerprint density at radius 1 is 1.21 bits per heavy atom. The summed E-state index contributed by atoms with van der Waals surface area (Å²) in [5.41, 5.74) is 6.64. The third kappa shape index (κ3) is 4.30. The number of nitrogen functional groups attached to an aromatic ring is 1. The lowest BCUT2D eigenvalue weighted by molar-refractivity contribution is 0.296. The number of rotatable bonds is 7. The maximum atomic E-state index is 8.82. The first-order valence-corrected chi connectivity index (χ1v) is 6.39. The van der Waals surface area contributed by atoms with E-state index in [-0.39, 0.29) is 6.61 Å². The summed E-state index contributed by atoms with van der Waals surface area (Å²) in [6.07, 6.45) is 3.42. The van der Waals surface area contributed by atoms with E-state index in [0.717, 1.165) is 24.3 Å². The molecule has 1 aromatic heterocycles.